The normalized spacial score (nSPS) is 15.3. The van der Waals surface area contributed by atoms with Crippen LogP contribution in [0.4, 0.5) is 20.5 Å². The van der Waals surface area contributed by atoms with Crippen LogP contribution in [0, 0.1) is 18.6 Å². The van der Waals surface area contributed by atoms with Gasteiger partial charge in [0.05, 0.1) is 17.8 Å². The summed E-state index contributed by atoms with van der Waals surface area (Å²) in [5.41, 5.74) is 3.47. The first kappa shape index (κ1) is 28.8. The number of nitrogens with zero attached hydrogens (tertiary/aromatic N) is 7. The highest BCUT2D eigenvalue weighted by Crippen LogP contribution is 2.32. The smallest absolute Gasteiger partial charge is 0.229 e. The molecule has 3 aromatic heterocycles. The fraction of sp³-hybridized carbons (Fsp3) is 0.333. The molecule has 6 rings (SSSR count). The summed E-state index contributed by atoms with van der Waals surface area (Å²) < 4.78 is 32.0. The fourth-order valence-corrected chi connectivity index (χ4v) is 6.03. The van der Waals surface area contributed by atoms with E-state index in [2.05, 4.69) is 72.3 Å². The van der Waals surface area contributed by atoms with Crippen LogP contribution in [0.1, 0.15) is 49.8 Å². The van der Waals surface area contributed by atoms with E-state index in [-0.39, 0.29) is 29.2 Å². The van der Waals surface area contributed by atoms with Crippen LogP contribution >= 0.6 is 0 Å². The summed E-state index contributed by atoms with van der Waals surface area (Å²) in [6.07, 6.45) is 2.96. The van der Waals surface area contributed by atoms with Crippen molar-refractivity contribution in [2.24, 2.45) is 0 Å². The largest absolute Gasteiger partial charge is 0.326 e. The number of hydrogen-bond acceptors (Lipinski definition) is 7. The van der Waals surface area contributed by atoms with Crippen molar-refractivity contribution in [2.45, 2.75) is 39.8 Å². The van der Waals surface area contributed by atoms with E-state index in [1.165, 1.54) is 11.6 Å². The maximum absolute atomic E-state index is 15.1. The number of imidazole rings is 1. The lowest BCUT2D eigenvalue weighted by Crippen LogP contribution is -2.47. The van der Waals surface area contributed by atoms with Crippen LogP contribution in [0.15, 0.2) is 67.0 Å². The number of aryl methyl sites for hydroxylation is 1. The highest BCUT2D eigenvalue weighted by atomic mass is 19.1. The van der Waals surface area contributed by atoms with Crippen LogP contribution < -0.4 is 5.32 Å². The monoisotopic (exact) mass is 582 g/mol. The molecule has 222 valence electrons. The minimum Gasteiger partial charge on any atom is -0.326 e. The van der Waals surface area contributed by atoms with Crippen molar-refractivity contribution >= 4 is 22.8 Å². The molecule has 0 spiro atoms. The van der Waals surface area contributed by atoms with E-state index in [1.54, 1.807) is 6.07 Å². The maximum Gasteiger partial charge on any atom is 0.229 e. The average Bonchev–Trinajstić information content (AvgIpc) is 3.36. The summed E-state index contributed by atoms with van der Waals surface area (Å²) in [5.74, 6) is 0.219. The Labute approximate surface area is 250 Å². The first-order valence-corrected chi connectivity index (χ1v) is 14.8. The summed E-state index contributed by atoms with van der Waals surface area (Å²) in [7, 11) is 0. The zero-order valence-electron chi connectivity index (χ0n) is 24.9. The Morgan fingerprint density at radius 1 is 0.860 bits per heavy atom. The van der Waals surface area contributed by atoms with Gasteiger partial charge in [0.25, 0.3) is 0 Å². The fourth-order valence-electron chi connectivity index (χ4n) is 6.03. The van der Waals surface area contributed by atoms with E-state index >= 15 is 4.39 Å². The maximum atomic E-state index is 15.1. The molecule has 1 N–H and O–H groups in total. The molecule has 1 saturated heterocycles. The standard InChI is InChI=1S/C33H36F2N8/c1-5-41-13-15-42(16-14-41)32(23-9-7-6-8-10-23)24-11-12-29(36-19-24)39-33-37-20-27(35)30(40-33)25-17-26(34)31-28(18-25)43(21(2)3)22(4)38-31/h6-12,17-21,32H,5,13-16H2,1-4H3,(H,36,37,39,40). The summed E-state index contributed by atoms with van der Waals surface area (Å²) in [6, 6.07) is 17.6. The van der Waals surface area contributed by atoms with Gasteiger partial charge in [-0.05, 0) is 56.6 Å². The van der Waals surface area contributed by atoms with E-state index in [0.717, 1.165) is 44.5 Å². The lowest BCUT2D eigenvalue weighted by atomic mass is 9.97. The van der Waals surface area contributed by atoms with Crippen molar-refractivity contribution in [2.75, 3.05) is 38.0 Å². The van der Waals surface area contributed by atoms with Gasteiger partial charge in [-0.15, -0.1) is 0 Å². The van der Waals surface area contributed by atoms with Gasteiger partial charge in [0.15, 0.2) is 11.6 Å². The van der Waals surface area contributed by atoms with Gasteiger partial charge in [0.2, 0.25) is 5.95 Å². The summed E-state index contributed by atoms with van der Waals surface area (Å²) >= 11 is 0. The first-order valence-electron chi connectivity index (χ1n) is 14.8. The quantitative estimate of drug-likeness (QED) is 0.223. The number of rotatable bonds is 8. The van der Waals surface area contributed by atoms with Gasteiger partial charge < -0.3 is 14.8 Å². The Hall–Kier alpha value is -4.28. The predicted molar refractivity (Wildman–Crippen MR) is 165 cm³/mol. The minimum atomic E-state index is -0.645. The van der Waals surface area contributed by atoms with Crippen LogP contribution in [0.3, 0.4) is 0 Å². The Balaban J connectivity index is 1.27. The summed E-state index contributed by atoms with van der Waals surface area (Å²) in [5, 5.41) is 3.09. The molecule has 2 aromatic carbocycles. The minimum absolute atomic E-state index is 0.000516. The number of pyridine rings is 1. The van der Waals surface area contributed by atoms with Crippen molar-refractivity contribution in [1.29, 1.82) is 0 Å². The van der Waals surface area contributed by atoms with E-state index in [1.807, 2.05) is 43.7 Å². The lowest BCUT2D eigenvalue weighted by Gasteiger charge is -2.39. The second kappa shape index (κ2) is 12.1. The second-order valence-electron chi connectivity index (χ2n) is 11.2. The Morgan fingerprint density at radius 3 is 2.30 bits per heavy atom. The van der Waals surface area contributed by atoms with E-state index in [9.17, 15) is 4.39 Å². The Morgan fingerprint density at radius 2 is 1.63 bits per heavy atom. The van der Waals surface area contributed by atoms with E-state index in [4.69, 9.17) is 0 Å². The molecular weight excluding hydrogens is 546 g/mol. The van der Waals surface area contributed by atoms with Crippen molar-refractivity contribution in [1.82, 2.24) is 34.3 Å². The highest BCUT2D eigenvalue weighted by Gasteiger charge is 2.26. The number of halogens is 2. The molecule has 0 amide bonds. The van der Waals surface area contributed by atoms with Gasteiger partial charge in [-0.3, -0.25) is 4.90 Å². The van der Waals surface area contributed by atoms with Crippen molar-refractivity contribution in [3.05, 3.63) is 95.6 Å². The van der Waals surface area contributed by atoms with Crippen LogP contribution in [0.5, 0.6) is 0 Å². The lowest BCUT2D eigenvalue weighted by molar-refractivity contribution is 0.113. The van der Waals surface area contributed by atoms with Crippen LogP contribution in [-0.4, -0.2) is 67.0 Å². The van der Waals surface area contributed by atoms with Gasteiger partial charge in [-0.25, -0.2) is 28.7 Å². The second-order valence-corrected chi connectivity index (χ2v) is 11.2. The number of hydrogen-bond donors (Lipinski definition) is 1. The molecule has 43 heavy (non-hydrogen) atoms. The van der Waals surface area contributed by atoms with E-state index in [0.29, 0.717) is 22.7 Å². The molecular formula is C33H36F2N8. The number of piperazine rings is 1. The molecule has 1 aliphatic heterocycles. The molecule has 10 heteroatoms. The molecule has 1 aliphatic rings. The molecule has 1 atom stereocenters. The van der Waals surface area contributed by atoms with Crippen LogP contribution in [-0.2, 0) is 0 Å². The number of fused-ring (bicyclic) bond motifs is 1. The predicted octanol–water partition coefficient (Wildman–Crippen LogP) is 6.53. The van der Waals surface area contributed by atoms with Gasteiger partial charge >= 0.3 is 0 Å². The first-order chi connectivity index (χ1) is 20.8. The van der Waals surface area contributed by atoms with Gasteiger partial charge in [-0.2, -0.15) is 0 Å². The number of benzene rings is 2. The Kier molecular flexibility index (Phi) is 8.14. The van der Waals surface area contributed by atoms with Crippen LogP contribution in [0.25, 0.3) is 22.3 Å². The topological polar surface area (TPSA) is 75.0 Å². The summed E-state index contributed by atoms with van der Waals surface area (Å²) in [4.78, 5) is 22.6. The van der Waals surface area contributed by atoms with Crippen molar-refractivity contribution < 1.29 is 8.78 Å². The molecule has 8 nitrogen and oxygen atoms in total. The molecule has 0 bridgehead atoms. The molecule has 4 heterocycles. The van der Waals surface area contributed by atoms with Crippen LogP contribution in [0.2, 0.25) is 0 Å². The number of nitrogens with one attached hydrogen (secondary N) is 1. The van der Waals surface area contributed by atoms with Crippen molar-refractivity contribution in [3.63, 3.8) is 0 Å². The van der Waals surface area contributed by atoms with Crippen molar-refractivity contribution in [3.8, 4) is 11.3 Å². The molecule has 0 saturated carbocycles. The number of aromatic nitrogens is 5. The third kappa shape index (κ3) is 5.85. The molecule has 0 aliphatic carbocycles. The molecule has 0 radical (unpaired) electrons. The third-order valence-corrected chi connectivity index (χ3v) is 8.14. The van der Waals surface area contributed by atoms with Gasteiger partial charge in [0, 0.05) is 44.0 Å². The van der Waals surface area contributed by atoms with E-state index < -0.39 is 11.6 Å². The average molecular weight is 583 g/mol. The third-order valence-electron chi connectivity index (χ3n) is 8.14. The zero-order valence-corrected chi connectivity index (χ0v) is 24.9. The number of anilines is 2. The zero-order chi connectivity index (χ0) is 30.1. The Bertz CT molecular complexity index is 1710. The SMILES string of the molecule is CCN1CCN(C(c2ccccc2)c2ccc(Nc3ncc(F)c(-c4cc(F)c5nc(C)n(C(C)C)c5c4)n3)nc2)CC1. The number of likely N-dealkylation sites (N-methyl/N-ethyl adjacent to an activating group) is 1. The van der Waals surface area contributed by atoms with Gasteiger partial charge in [-0.1, -0.05) is 43.3 Å². The molecule has 1 unspecified atom stereocenters. The molecule has 1 fully saturated rings. The molecule has 5 aromatic rings. The summed E-state index contributed by atoms with van der Waals surface area (Å²) in [6.45, 7) is 13.1. The van der Waals surface area contributed by atoms with Gasteiger partial charge in [0.1, 0.15) is 22.9 Å². The highest BCUT2D eigenvalue weighted by molar-refractivity contribution is 5.83.